The normalized spacial score (nSPS) is 10.2. The molecule has 0 bridgehead atoms. The van der Waals surface area contributed by atoms with E-state index >= 15 is 0 Å². The van der Waals surface area contributed by atoms with E-state index in [1.54, 1.807) is 14.2 Å². The molecule has 0 saturated carbocycles. The fourth-order valence-electron chi connectivity index (χ4n) is 1.24. The Balaban J connectivity index is 2.74. The molecule has 0 amide bonds. The van der Waals surface area contributed by atoms with Crippen molar-refractivity contribution in [3.05, 3.63) is 28.2 Å². The van der Waals surface area contributed by atoms with Crippen LogP contribution in [0.2, 0.25) is 0 Å². The van der Waals surface area contributed by atoms with E-state index in [1.807, 2.05) is 18.2 Å². The second kappa shape index (κ2) is 6.48. The zero-order valence-corrected chi connectivity index (χ0v) is 10.7. The van der Waals surface area contributed by atoms with Gasteiger partial charge in [-0.25, -0.2) is 0 Å². The van der Waals surface area contributed by atoms with Crippen LogP contribution in [-0.4, -0.2) is 27.1 Å². The van der Waals surface area contributed by atoms with E-state index < -0.39 is 0 Å². The number of benzene rings is 1. The summed E-state index contributed by atoms with van der Waals surface area (Å²) < 4.78 is 10.9. The molecule has 4 nitrogen and oxygen atoms in total. The van der Waals surface area contributed by atoms with E-state index in [1.165, 1.54) is 0 Å². The minimum atomic E-state index is -0.328. The predicted octanol–water partition coefficient (Wildman–Crippen LogP) is 2.35. The lowest BCUT2D eigenvalue weighted by atomic mass is 10.2. The number of halogens is 1. The average Bonchev–Trinajstić information content (AvgIpc) is 2.30. The van der Waals surface area contributed by atoms with Crippen LogP contribution in [-0.2, 0) is 9.47 Å². The third kappa shape index (κ3) is 3.20. The molecule has 1 aromatic carbocycles. The Morgan fingerprint density at radius 1 is 1.44 bits per heavy atom. The summed E-state index contributed by atoms with van der Waals surface area (Å²) in [4.78, 5) is 0. The summed E-state index contributed by atoms with van der Waals surface area (Å²) in [5.74, 6) is 0. The first-order chi connectivity index (χ1) is 7.72. The van der Waals surface area contributed by atoms with Gasteiger partial charge in [0.25, 0.3) is 0 Å². The molecule has 0 fully saturated rings. The Morgan fingerprint density at radius 3 is 2.69 bits per heavy atom. The van der Waals surface area contributed by atoms with Crippen molar-refractivity contribution in [1.82, 2.24) is 0 Å². The Hall–Kier alpha value is -1.09. The van der Waals surface area contributed by atoms with Crippen molar-refractivity contribution in [2.45, 2.75) is 6.29 Å². The summed E-state index contributed by atoms with van der Waals surface area (Å²) in [7, 11) is 3.14. The summed E-state index contributed by atoms with van der Waals surface area (Å²) in [6.45, 7) is 0.484. The molecule has 0 saturated heterocycles. The number of nitrogens with zero attached hydrogens (tertiary/aromatic N) is 1. The molecule has 0 atom stereocenters. The summed E-state index contributed by atoms with van der Waals surface area (Å²) >= 11 is 3.32. The van der Waals surface area contributed by atoms with Crippen molar-refractivity contribution in [1.29, 1.82) is 5.26 Å². The van der Waals surface area contributed by atoms with Gasteiger partial charge in [-0.05, 0) is 28.1 Å². The number of ether oxygens (including phenoxy) is 2. The lowest BCUT2D eigenvalue weighted by Crippen LogP contribution is -2.23. The highest BCUT2D eigenvalue weighted by Gasteiger charge is 2.08. The van der Waals surface area contributed by atoms with Gasteiger partial charge in [-0.15, -0.1) is 0 Å². The molecular weight excluding hydrogens is 272 g/mol. The summed E-state index contributed by atoms with van der Waals surface area (Å²) in [6.07, 6.45) is -0.328. The van der Waals surface area contributed by atoms with Gasteiger partial charge in [0, 0.05) is 18.7 Å². The first-order valence-electron chi connectivity index (χ1n) is 4.71. The highest BCUT2D eigenvalue weighted by molar-refractivity contribution is 9.10. The van der Waals surface area contributed by atoms with Crippen molar-refractivity contribution in [2.75, 3.05) is 26.1 Å². The molecule has 5 heteroatoms. The lowest BCUT2D eigenvalue weighted by molar-refractivity contribution is -0.0914. The van der Waals surface area contributed by atoms with Crippen LogP contribution in [0.3, 0.4) is 0 Å². The number of methoxy groups -OCH3 is 2. The molecule has 0 aliphatic carbocycles. The number of nitriles is 1. The molecule has 0 radical (unpaired) electrons. The highest BCUT2D eigenvalue weighted by Crippen LogP contribution is 2.23. The van der Waals surface area contributed by atoms with Crippen LogP contribution < -0.4 is 5.32 Å². The van der Waals surface area contributed by atoms with Crippen molar-refractivity contribution in [3.63, 3.8) is 0 Å². The summed E-state index contributed by atoms with van der Waals surface area (Å²) in [5.41, 5.74) is 1.34. The SMILES string of the molecule is COC(CNc1cccc(Br)c1C#N)OC. The second-order valence-corrected chi connectivity index (χ2v) is 3.91. The molecule has 1 aromatic rings. The Labute approximate surface area is 103 Å². The quantitative estimate of drug-likeness (QED) is 0.844. The van der Waals surface area contributed by atoms with Gasteiger partial charge in [-0.3, -0.25) is 0 Å². The maximum absolute atomic E-state index is 9.00. The minimum Gasteiger partial charge on any atom is -0.379 e. The van der Waals surface area contributed by atoms with Crippen LogP contribution in [0.1, 0.15) is 5.56 Å². The van der Waals surface area contributed by atoms with Crippen molar-refractivity contribution in [2.24, 2.45) is 0 Å². The number of hydrogen-bond donors (Lipinski definition) is 1. The molecule has 0 aliphatic rings. The van der Waals surface area contributed by atoms with E-state index in [2.05, 4.69) is 27.3 Å². The van der Waals surface area contributed by atoms with Crippen LogP contribution in [0.25, 0.3) is 0 Å². The molecule has 1 rings (SSSR count). The zero-order valence-electron chi connectivity index (χ0n) is 9.16. The fraction of sp³-hybridized carbons (Fsp3) is 0.364. The Morgan fingerprint density at radius 2 is 2.12 bits per heavy atom. The van der Waals surface area contributed by atoms with Gasteiger partial charge in [0.1, 0.15) is 6.07 Å². The first kappa shape index (κ1) is 13.0. The van der Waals surface area contributed by atoms with E-state index in [-0.39, 0.29) is 6.29 Å². The molecule has 0 aliphatic heterocycles. The smallest absolute Gasteiger partial charge is 0.173 e. The highest BCUT2D eigenvalue weighted by atomic mass is 79.9. The van der Waals surface area contributed by atoms with Gasteiger partial charge in [0.05, 0.1) is 17.8 Å². The average molecular weight is 285 g/mol. The van der Waals surface area contributed by atoms with Crippen LogP contribution >= 0.6 is 15.9 Å². The van der Waals surface area contributed by atoms with Crippen LogP contribution in [0.5, 0.6) is 0 Å². The van der Waals surface area contributed by atoms with Crippen molar-refractivity contribution in [3.8, 4) is 6.07 Å². The van der Waals surface area contributed by atoms with E-state index in [4.69, 9.17) is 14.7 Å². The molecule has 0 spiro atoms. The van der Waals surface area contributed by atoms with Gasteiger partial charge >= 0.3 is 0 Å². The number of rotatable bonds is 5. The molecule has 0 unspecified atom stereocenters. The molecule has 1 N–H and O–H groups in total. The largest absolute Gasteiger partial charge is 0.379 e. The van der Waals surface area contributed by atoms with Gasteiger partial charge in [-0.1, -0.05) is 6.07 Å². The van der Waals surface area contributed by atoms with Gasteiger partial charge in [0.2, 0.25) is 0 Å². The van der Waals surface area contributed by atoms with Gasteiger partial charge in [-0.2, -0.15) is 5.26 Å². The topological polar surface area (TPSA) is 54.3 Å². The number of hydrogen-bond acceptors (Lipinski definition) is 4. The minimum absolute atomic E-state index is 0.328. The first-order valence-corrected chi connectivity index (χ1v) is 5.50. The van der Waals surface area contributed by atoms with Crippen LogP contribution in [0, 0.1) is 11.3 Å². The third-order valence-corrected chi connectivity index (χ3v) is 2.77. The van der Waals surface area contributed by atoms with Crippen molar-refractivity contribution < 1.29 is 9.47 Å². The molecule has 86 valence electrons. The molecule has 0 heterocycles. The standard InChI is InChI=1S/C11H13BrN2O2/c1-15-11(16-2)7-14-10-5-3-4-9(12)8(10)6-13/h3-5,11,14H,7H2,1-2H3. The molecule has 0 aromatic heterocycles. The fourth-order valence-corrected chi connectivity index (χ4v) is 1.70. The molecular formula is C11H13BrN2O2. The van der Waals surface area contributed by atoms with E-state index in [0.29, 0.717) is 12.1 Å². The second-order valence-electron chi connectivity index (χ2n) is 3.06. The zero-order chi connectivity index (χ0) is 12.0. The maximum atomic E-state index is 9.00. The lowest BCUT2D eigenvalue weighted by Gasteiger charge is -2.15. The summed E-state index contributed by atoms with van der Waals surface area (Å²) in [5, 5.41) is 12.1. The van der Waals surface area contributed by atoms with Crippen molar-refractivity contribution >= 4 is 21.6 Å². The predicted molar refractivity (Wildman–Crippen MR) is 65.2 cm³/mol. The Kier molecular flexibility index (Phi) is 5.26. The number of anilines is 1. The van der Waals surface area contributed by atoms with Gasteiger partial charge < -0.3 is 14.8 Å². The van der Waals surface area contributed by atoms with Crippen LogP contribution in [0.15, 0.2) is 22.7 Å². The molecule has 16 heavy (non-hydrogen) atoms. The van der Waals surface area contributed by atoms with E-state index in [0.717, 1.165) is 10.2 Å². The maximum Gasteiger partial charge on any atom is 0.173 e. The summed E-state index contributed by atoms with van der Waals surface area (Å²) in [6, 6.07) is 7.66. The van der Waals surface area contributed by atoms with Crippen LogP contribution in [0.4, 0.5) is 5.69 Å². The number of nitrogens with one attached hydrogen (secondary N) is 1. The monoisotopic (exact) mass is 284 g/mol. The van der Waals surface area contributed by atoms with E-state index in [9.17, 15) is 0 Å². The third-order valence-electron chi connectivity index (χ3n) is 2.11. The Bertz CT molecular complexity index is 386. The van der Waals surface area contributed by atoms with Gasteiger partial charge in [0.15, 0.2) is 6.29 Å².